The maximum Gasteiger partial charge on any atom is 0.224 e. The Hall–Kier alpha value is -1.36. The summed E-state index contributed by atoms with van der Waals surface area (Å²) in [5, 5.41) is 3.56. The van der Waals surface area contributed by atoms with Crippen molar-refractivity contribution in [2.45, 2.75) is 40.3 Å². The summed E-state index contributed by atoms with van der Waals surface area (Å²) < 4.78 is 10.5. The zero-order chi connectivity index (χ0) is 14.3. The summed E-state index contributed by atoms with van der Waals surface area (Å²) in [6.07, 6.45) is 1.45. The van der Waals surface area contributed by atoms with E-state index < -0.39 is 0 Å². The predicted octanol–water partition coefficient (Wildman–Crippen LogP) is 2.02. The van der Waals surface area contributed by atoms with Crippen LogP contribution >= 0.6 is 0 Å². The molecule has 1 aliphatic carbocycles. The van der Waals surface area contributed by atoms with E-state index >= 15 is 0 Å². The third kappa shape index (κ3) is 2.16. The van der Waals surface area contributed by atoms with Gasteiger partial charge < -0.3 is 14.8 Å². The molecule has 0 radical (unpaired) electrons. The van der Waals surface area contributed by atoms with Gasteiger partial charge in [-0.1, -0.05) is 27.7 Å². The van der Waals surface area contributed by atoms with Crippen LogP contribution < -0.4 is 14.8 Å². The molecule has 0 aromatic carbocycles. The van der Waals surface area contributed by atoms with Crippen molar-refractivity contribution in [3.05, 3.63) is 11.9 Å². The van der Waals surface area contributed by atoms with Gasteiger partial charge in [0.1, 0.15) is 6.33 Å². The summed E-state index contributed by atoms with van der Waals surface area (Å²) >= 11 is 0. The lowest BCUT2D eigenvalue weighted by atomic mass is 10.0. The quantitative estimate of drug-likeness (QED) is 0.882. The van der Waals surface area contributed by atoms with Crippen LogP contribution in [0.1, 0.15) is 33.3 Å². The van der Waals surface area contributed by atoms with Crippen molar-refractivity contribution in [1.29, 1.82) is 0 Å². The van der Waals surface area contributed by atoms with Crippen LogP contribution in [-0.2, 0) is 6.54 Å². The van der Waals surface area contributed by atoms with Gasteiger partial charge in [-0.15, -0.1) is 0 Å². The van der Waals surface area contributed by atoms with Crippen molar-refractivity contribution in [3.8, 4) is 11.8 Å². The molecule has 5 heteroatoms. The smallest absolute Gasteiger partial charge is 0.224 e. The zero-order valence-electron chi connectivity index (χ0n) is 12.6. The number of hydrogen-bond acceptors (Lipinski definition) is 5. The van der Waals surface area contributed by atoms with Gasteiger partial charge in [-0.25, -0.2) is 9.97 Å². The van der Waals surface area contributed by atoms with Crippen molar-refractivity contribution in [2.75, 3.05) is 14.2 Å². The van der Waals surface area contributed by atoms with Gasteiger partial charge >= 0.3 is 0 Å². The van der Waals surface area contributed by atoms with Gasteiger partial charge in [-0.2, -0.15) is 0 Å². The minimum absolute atomic E-state index is 0.295. The molecule has 1 saturated carbocycles. The average molecular weight is 265 g/mol. The fraction of sp³-hybridized carbons (Fsp3) is 0.714. The molecule has 1 aromatic rings. The van der Waals surface area contributed by atoms with E-state index in [0.29, 0.717) is 35.2 Å². The van der Waals surface area contributed by atoms with E-state index in [-0.39, 0.29) is 0 Å². The number of nitrogens with one attached hydrogen (secondary N) is 1. The number of rotatable bonds is 5. The van der Waals surface area contributed by atoms with Crippen molar-refractivity contribution >= 4 is 0 Å². The molecule has 0 amide bonds. The maximum atomic E-state index is 5.27. The van der Waals surface area contributed by atoms with Crippen LogP contribution in [0.3, 0.4) is 0 Å². The van der Waals surface area contributed by atoms with Crippen molar-refractivity contribution in [3.63, 3.8) is 0 Å². The molecule has 1 aromatic heterocycles. The molecule has 1 aliphatic rings. The van der Waals surface area contributed by atoms with E-state index in [1.807, 2.05) is 0 Å². The van der Waals surface area contributed by atoms with Crippen LogP contribution in [0.15, 0.2) is 6.33 Å². The SMILES string of the molecule is COc1ncnc(OC)c1CNC1C(C)(C)C1(C)C. The lowest BCUT2D eigenvalue weighted by Crippen LogP contribution is -2.22. The number of methoxy groups -OCH3 is 2. The van der Waals surface area contributed by atoms with Gasteiger partial charge in [0.05, 0.1) is 19.8 Å². The first-order valence-corrected chi connectivity index (χ1v) is 6.51. The summed E-state index contributed by atoms with van der Waals surface area (Å²) in [6.45, 7) is 9.76. The van der Waals surface area contributed by atoms with Crippen LogP contribution in [-0.4, -0.2) is 30.2 Å². The summed E-state index contributed by atoms with van der Waals surface area (Å²) in [4.78, 5) is 8.25. The highest BCUT2D eigenvalue weighted by Crippen LogP contribution is 2.62. The normalized spacial score (nSPS) is 20.1. The molecule has 2 rings (SSSR count). The second-order valence-electron chi connectivity index (χ2n) is 6.13. The molecule has 106 valence electrons. The van der Waals surface area contributed by atoms with E-state index in [2.05, 4.69) is 43.0 Å². The predicted molar refractivity (Wildman–Crippen MR) is 73.3 cm³/mol. The van der Waals surface area contributed by atoms with E-state index in [1.165, 1.54) is 6.33 Å². The van der Waals surface area contributed by atoms with Gasteiger partial charge in [0.2, 0.25) is 11.8 Å². The van der Waals surface area contributed by atoms with Crippen LogP contribution in [0.2, 0.25) is 0 Å². The first-order chi connectivity index (χ1) is 8.86. The Morgan fingerprint density at radius 1 is 1.05 bits per heavy atom. The standard InChI is InChI=1S/C14H23N3O2/c1-13(2)12(14(13,3)4)15-7-9-10(18-5)16-8-17-11(9)19-6/h8,12,15H,7H2,1-6H3. The first-order valence-electron chi connectivity index (χ1n) is 6.51. The maximum absolute atomic E-state index is 5.27. The van der Waals surface area contributed by atoms with Gasteiger partial charge in [-0.3, -0.25) is 0 Å². The largest absolute Gasteiger partial charge is 0.481 e. The Kier molecular flexibility index (Phi) is 3.43. The highest BCUT2D eigenvalue weighted by molar-refractivity contribution is 5.34. The molecule has 5 nitrogen and oxygen atoms in total. The highest BCUT2D eigenvalue weighted by atomic mass is 16.5. The minimum atomic E-state index is 0.295. The Balaban J connectivity index is 2.13. The van der Waals surface area contributed by atoms with E-state index in [9.17, 15) is 0 Å². The molecule has 19 heavy (non-hydrogen) atoms. The fourth-order valence-corrected chi connectivity index (χ4v) is 2.79. The molecule has 0 spiro atoms. The number of hydrogen-bond donors (Lipinski definition) is 1. The van der Waals surface area contributed by atoms with Crippen LogP contribution in [0.5, 0.6) is 11.8 Å². The van der Waals surface area contributed by atoms with Crippen molar-refractivity contribution in [1.82, 2.24) is 15.3 Å². The third-order valence-corrected chi connectivity index (χ3v) is 4.76. The number of ether oxygens (including phenoxy) is 2. The minimum Gasteiger partial charge on any atom is -0.481 e. The van der Waals surface area contributed by atoms with Gasteiger partial charge in [0.15, 0.2) is 0 Å². The second-order valence-corrected chi connectivity index (χ2v) is 6.13. The Morgan fingerprint density at radius 3 is 1.89 bits per heavy atom. The second kappa shape index (κ2) is 4.63. The van der Waals surface area contributed by atoms with Gasteiger partial charge in [0.25, 0.3) is 0 Å². The zero-order valence-corrected chi connectivity index (χ0v) is 12.6. The topological polar surface area (TPSA) is 56.3 Å². The molecule has 1 fully saturated rings. The lowest BCUT2D eigenvalue weighted by molar-refractivity contribution is 0.358. The summed E-state index contributed by atoms with van der Waals surface area (Å²) in [5.74, 6) is 1.13. The molecular weight excluding hydrogens is 242 g/mol. The van der Waals surface area contributed by atoms with Crippen molar-refractivity contribution < 1.29 is 9.47 Å². The lowest BCUT2D eigenvalue weighted by Gasteiger charge is -2.12. The highest BCUT2D eigenvalue weighted by Gasteiger charge is 2.64. The molecule has 0 saturated heterocycles. The molecule has 0 unspecified atom stereocenters. The Labute approximate surface area is 114 Å². The van der Waals surface area contributed by atoms with E-state index in [0.717, 1.165) is 5.56 Å². The monoisotopic (exact) mass is 265 g/mol. The molecule has 1 heterocycles. The van der Waals surface area contributed by atoms with Crippen LogP contribution in [0.4, 0.5) is 0 Å². The average Bonchev–Trinajstić information content (AvgIpc) is 2.76. The fourth-order valence-electron chi connectivity index (χ4n) is 2.79. The van der Waals surface area contributed by atoms with Gasteiger partial charge in [0, 0.05) is 12.6 Å². The summed E-state index contributed by atoms with van der Waals surface area (Å²) in [5.41, 5.74) is 1.46. The molecule has 0 atom stereocenters. The van der Waals surface area contributed by atoms with E-state index in [4.69, 9.17) is 9.47 Å². The third-order valence-electron chi connectivity index (χ3n) is 4.76. The van der Waals surface area contributed by atoms with Gasteiger partial charge in [-0.05, 0) is 10.8 Å². The molecule has 0 aliphatic heterocycles. The number of aromatic nitrogens is 2. The van der Waals surface area contributed by atoms with Crippen LogP contribution in [0, 0.1) is 10.8 Å². The Morgan fingerprint density at radius 2 is 1.53 bits per heavy atom. The van der Waals surface area contributed by atoms with Crippen molar-refractivity contribution in [2.24, 2.45) is 10.8 Å². The molecular formula is C14H23N3O2. The summed E-state index contributed by atoms with van der Waals surface area (Å²) in [6, 6.07) is 0.467. The molecule has 0 bridgehead atoms. The Bertz CT molecular complexity index is 436. The summed E-state index contributed by atoms with van der Waals surface area (Å²) in [7, 11) is 3.21. The van der Waals surface area contributed by atoms with Crippen LogP contribution in [0.25, 0.3) is 0 Å². The van der Waals surface area contributed by atoms with E-state index in [1.54, 1.807) is 14.2 Å². The molecule has 1 N–H and O–H groups in total. The first kappa shape index (κ1) is 14.1. The number of nitrogens with zero attached hydrogens (tertiary/aromatic N) is 2.